The number of fused-ring (bicyclic) bond motifs is 3. The molecular weight excluding hydrogens is 350 g/mol. The number of benzene rings is 1. The summed E-state index contributed by atoms with van der Waals surface area (Å²) < 4.78 is 2.07. The molecule has 2 saturated carbocycles. The van der Waals surface area contributed by atoms with Gasteiger partial charge in [-0.05, 0) is 44.7 Å². The van der Waals surface area contributed by atoms with Crippen LogP contribution >= 0.6 is 0 Å². The first-order valence-corrected chi connectivity index (χ1v) is 10.8. The van der Waals surface area contributed by atoms with E-state index in [0.717, 1.165) is 55.1 Å². The number of para-hydroxylation sites is 1. The number of amides is 2. The molecule has 1 aromatic heterocycles. The topological polar surface area (TPSA) is 54.3 Å². The number of aromatic nitrogens is 1. The van der Waals surface area contributed by atoms with Gasteiger partial charge >= 0.3 is 0 Å². The highest BCUT2D eigenvalue weighted by molar-refractivity contribution is 6.03. The predicted molar refractivity (Wildman–Crippen MR) is 109 cm³/mol. The fraction of sp³-hybridized carbons (Fsp3) is 0.565. The van der Waals surface area contributed by atoms with Gasteiger partial charge in [0.15, 0.2) is 0 Å². The zero-order chi connectivity index (χ0) is 19.3. The van der Waals surface area contributed by atoms with Gasteiger partial charge in [-0.25, -0.2) is 0 Å². The summed E-state index contributed by atoms with van der Waals surface area (Å²) in [5, 5.41) is 4.36. The van der Waals surface area contributed by atoms with Crippen molar-refractivity contribution in [1.82, 2.24) is 14.8 Å². The van der Waals surface area contributed by atoms with Crippen molar-refractivity contribution in [2.45, 2.75) is 82.5 Å². The molecular formula is C23H29N3O2. The third kappa shape index (κ3) is 2.66. The Balaban J connectivity index is 1.58. The standard InChI is InChI=1S/C23H29N3O2/c1-23(22(28)24-17-9-3-4-10-17)15-25-19-13-7-2-8-16(19)14-20(25)21(27)26(23)18-11-5-6-12-18/h2,7-8,13-14,17-18H,3-6,9-12,15H2,1H3,(H,24,28)/t23-/m0/s1. The molecule has 2 fully saturated rings. The molecule has 2 aromatic rings. The molecule has 5 heteroatoms. The highest BCUT2D eigenvalue weighted by Crippen LogP contribution is 2.38. The Morgan fingerprint density at radius 3 is 2.50 bits per heavy atom. The van der Waals surface area contributed by atoms with E-state index >= 15 is 0 Å². The molecule has 2 aliphatic carbocycles. The Kier molecular flexibility index (Phi) is 4.22. The maximum atomic E-state index is 13.7. The van der Waals surface area contributed by atoms with Gasteiger partial charge in [0, 0.05) is 23.0 Å². The minimum Gasteiger partial charge on any atom is -0.351 e. The molecule has 5 nitrogen and oxygen atoms in total. The van der Waals surface area contributed by atoms with E-state index in [4.69, 9.17) is 0 Å². The van der Waals surface area contributed by atoms with E-state index in [0.29, 0.717) is 6.54 Å². The van der Waals surface area contributed by atoms with E-state index in [2.05, 4.69) is 9.88 Å². The van der Waals surface area contributed by atoms with Crippen molar-refractivity contribution in [2.75, 3.05) is 0 Å². The van der Waals surface area contributed by atoms with Crippen LogP contribution in [0.2, 0.25) is 0 Å². The van der Waals surface area contributed by atoms with Crippen LogP contribution in [-0.2, 0) is 11.3 Å². The van der Waals surface area contributed by atoms with E-state index in [-0.39, 0.29) is 23.9 Å². The lowest BCUT2D eigenvalue weighted by molar-refractivity contribution is -0.135. The Morgan fingerprint density at radius 2 is 1.75 bits per heavy atom. The van der Waals surface area contributed by atoms with Gasteiger partial charge in [0.05, 0.1) is 6.54 Å². The minimum absolute atomic E-state index is 0.0124. The highest BCUT2D eigenvalue weighted by Gasteiger charge is 2.51. The van der Waals surface area contributed by atoms with Crippen LogP contribution in [0.5, 0.6) is 0 Å². The summed E-state index contributed by atoms with van der Waals surface area (Å²) in [4.78, 5) is 29.1. The molecule has 148 valence electrons. The third-order valence-electron chi connectivity index (χ3n) is 7.12. The molecule has 3 aliphatic rings. The molecule has 28 heavy (non-hydrogen) atoms. The molecule has 2 amide bonds. The molecule has 0 spiro atoms. The normalized spacial score (nSPS) is 26.2. The number of rotatable bonds is 3. The largest absolute Gasteiger partial charge is 0.351 e. The lowest BCUT2D eigenvalue weighted by atomic mass is 9.91. The van der Waals surface area contributed by atoms with Crippen molar-refractivity contribution in [3.05, 3.63) is 36.0 Å². The number of carbonyl (C=O) groups is 2. The van der Waals surface area contributed by atoms with Crippen molar-refractivity contribution >= 4 is 22.7 Å². The van der Waals surface area contributed by atoms with Crippen LogP contribution in [0.1, 0.15) is 68.8 Å². The summed E-state index contributed by atoms with van der Waals surface area (Å²) in [6, 6.07) is 10.5. The fourth-order valence-corrected chi connectivity index (χ4v) is 5.61. The average molecular weight is 380 g/mol. The van der Waals surface area contributed by atoms with Gasteiger partial charge in [-0.2, -0.15) is 0 Å². The molecule has 0 unspecified atom stereocenters. The molecule has 1 N–H and O–H groups in total. The number of hydrogen-bond acceptors (Lipinski definition) is 2. The van der Waals surface area contributed by atoms with Gasteiger partial charge in [-0.3, -0.25) is 9.59 Å². The zero-order valence-corrected chi connectivity index (χ0v) is 16.6. The second-order valence-electron chi connectivity index (χ2n) is 9.02. The summed E-state index contributed by atoms with van der Waals surface area (Å²) in [5.41, 5.74) is 0.916. The lowest BCUT2D eigenvalue weighted by Crippen LogP contribution is -2.67. The van der Waals surface area contributed by atoms with Crippen LogP contribution in [0.25, 0.3) is 10.9 Å². The van der Waals surface area contributed by atoms with Gasteiger partial charge in [0.25, 0.3) is 5.91 Å². The molecule has 5 rings (SSSR count). The Morgan fingerprint density at radius 1 is 1.07 bits per heavy atom. The Bertz CT molecular complexity index is 921. The van der Waals surface area contributed by atoms with E-state index in [1.54, 1.807) is 0 Å². The molecule has 1 aromatic carbocycles. The van der Waals surface area contributed by atoms with Crippen molar-refractivity contribution in [2.24, 2.45) is 0 Å². The van der Waals surface area contributed by atoms with Crippen LogP contribution < -0.4 is 5.32 Å². The monoisotopic (exact) mass is 379 g/mol. The maximum absolute atomic E-state index is 13.7. The first-order valence-electron chi connectivity index (χ1n) is 10.8. The summed E-state index contributed by atoms with van der Waals surface area (Å²) in [5.74, 6) is 0.0292. The summed E-state index contributed by atoms with van der Waals surface area (Å²) in [6.45, 7) is 2.50. The summed E-state index contributed by atoms with van der Waals surface area (Å²) in [6.07, 6.45) is 8.73. The second kappa shape index (κ2) is 6.64. The molecule has 0 saturated heterocycles. The van der Waals surface area contributed by atoms with Gasteiger partial charge in [-0.1, -0.05) is 43.9 Å². The number of carbonyl (C=O) groups excluding carboxylic acids is 2. The smallest absolute Gasteiger partial charge is 0.271 e. The van der Waals surface area contributed by atoms with Crippen molar-refractivity contribution < 1.29 is 9.59 Å². The first kappa shape index (κ1) is 17.8. The van der Waals surface area contributed by atoms with E-state index < -0.39 is 5.54 Å². The van der Waals surface area contributed by atoms with Gasteiger partial charge in [0.2, 0.25) is 5.91 Å². The Hall–Kier alpha value is -2.30. The predicted octanol–water partition coefficient (Wildman–Crippen LogP) is 3.86. The number of hydrogen-bond donors (Lipinski definition) is 1. The first-order chi connectivity index (χ1) is 13.6. The number of nitrogens with one attached hydrogen (secondary N) is 1. The lowest BCUT2D eigenvalue weighted by Gasteiger charge is -2.47. The van der Waals surface area contributed by atoms with Crippen LogP contribution in [0, 0.1) is 0 Å². The van der Waals surface area contributed by atoms with Crippen LogP contribution in [0.4, 0.5) is 0 Å². The van der Waals surface area contributed by atoms with Crippen molar-refractivity contribution in [3.8, 4) is 0 Å². The van der Waals surface area contributed by atoms with Crippen LogP contribution in [-0.4, -0.2) is 38.9 Å². The third-order valence-corrected chi connectivity index (χ3v) is 7.12. The maximum Gasteiger partial charge on any atom is 0.271 e. The van der Waals surface area contributed by atoms with Crippen molar-refractivity contribution in [3.63, 3.8) is 0 Å². The minimum atomic E-state index is -0.844. The highest BCUT2D eigenvalue weighted by atomic mass is 16.2. The summed E-state index contributed by atoms with van der Waals surface area (Å²) in [7, 11) is 0. The average Bonchev–Trinajstić information content (AvgIpc) is 3.43. The molecule has 2 heterocycles. The molecule has 0 bridgehead atoms. The van der Waals surface area contributed by atoms with Crippen LogP contribution in [0.3, 0.4) is 0 Å². The quantitative estimate of drug-likeness (QED) is 0.880. The summed E-state index contributed by atoms with van der Waals surface area (Å²) >= 11 is 0. The SMILES string of the molecule is C[C@@]1(C(=O)NC2CCCC2)Cn2c(cc3ccccc32)C(=O)N1C1CCCC1. The van der Waals surface area contributed by atoms with E-state index in [1.807, 2.05) is 42.2 Å². The van der Waals surface area contributed by atoms with Gasteiger partial charge in [0.1, 0.15) is 11.2 Å². The van der Waals surface area contributed by atoms with Gasteiger partial charge in [-0.15, -0.1) is 0 Å². The molecule has 0 radical (unpaired) electrons. The van der Waals surface area contributed by atoms with Crippen molar-refractivity contribution in [1.29, 1.82) is 0 Å². The Labute approximate surface area is 166 Å². The van der Waals surface area contributed by atoms with E-state index in [1.165, 1.54) is 12.8 Å². The molecule has 1 atom stereocenters. The van der Waals surface area contributed by atoms with E-state index in [9.17, 15) is 9.59 Å². The second-order valence-corrected chi connectivity index (χ2v) is 9.02. The van der Waals surface area contributed by atoms with Crippen LogP contribution in [0.15, 0.2) is 30.3 Å². The van der Waals surface area contributed by atoms with Gasteiger partial charge < -0.3 is 14.8 Å². The molecule has 1 aliphatic heterocycles. The fourth-order valence-electron chi connectivity index (χ4n) is 5.61. The zero-order valence-electron chi connectivity index (χ0n) is 16.6. The number of nitrogens with zero attached hydrogens (tertiary/aromatic N) is 2.